The number of ether oxygens (including phenoxy) is 1. The quantitative estimate of drug-likeness (QED) is 0.551. The summed E-state index contributed by atoms with van der Waals surface area (Å²) in [6.45, 7) is 1.32. The zero-order valence-corrected chi connectivity index (χ0v) is 15.5. The largest absolute Gasteiger partial charge is 0.508 e. The highest BCUT2D eigenvalue weighted by molar-refractivity contribution is 5.79. The van der Waals surface area contributed by atoms with E-state index < -0.39 is 0 Å². The summed E-state index contributed by atoms with van der Waals surface area (Å²) in [5, 5.41) is 16.7. The van der Waals surface area contributed by atoms with Gasteiger partial charge in [0, 0.05) is 31.1 Å². The normalized spacial score (nSPS) is 15.8. The Balaban J connectivity index is 1.60. The molecule has 0 heterocycles. The van der Waals surface area contributed by atoms with E-state index in [1.807, 2.05) is 6.07 Å². The first kappa shape index (κ1) is 18.1. The maximum absolute atomic E-state index is 10.0. The molecule has 138 valence electrons. The summed E-state index contributed by atoms with van der Waals surface area (Å²) in [6.07, 6.45) is 3.65. The van der Waals surface area contributed by atoms with Crippen LogP contribution in [0.3, 0.4) is 0 Å². The first-order valence-corrected chi connectivity index (χ1v) is 9.03. The molecule has 0 radical (unpaired) electrons. The number of guanidine groups is 1. The summed E-state index contributed by atoms with van der Waals surface area (Å²) in [5.41, 5.74) is 2.35. The molecule has 1 aliphatic carbocycles. The second-order valence-corrected chi connectivity index (χ2v) is 6.77. The number of phenolic OH excluding ortho intramolecular Hbond substituents is 1. The zero-order valence-electron chi connectivity index (χ0n) is 15.5. The number of aromatic hydroxyl groups is 1. The number of phenols is 1. The molecular weight excluding hydrogens is 326 g/mol. The highest BCUT2D eigenvalue weighted by Crippen LogP contribution is 2.43. The number of nitrogens with one attached hydrogen (secondary N) is 2. The number of nitrogens with zero attached hydrogens (tertiary/aromatic N) is 1. The predicted molar refractivity (Wildman–Crippen MR) is 105 cm³/mol. The van der Waals surface area contributed by atoms with Crippen molar-refractivity contribution < 1.29 is 9.84 Å². The van der Waals surface area contributed by atoms with E-state index in [1.54, 1.807) is 26.3 Å². The molecule has 1 saturated carbocycles. The lowest BCUT2D eigenvalue weighted by atomic mass is 9.64. The first-order valence-electron chi connectivity index (χ1n) is 9.03. The number of rotatable bonds is 6. The van der Waals surface area contributed by atoms with Gasteiger partial charge in [-0.15, -0.1) is 0 Å². The third-order valence-corrected chi connectivity index (χ3v) is 5.25. The lowest BCUT2D eigenvalue weighted by Gasteiger charge is -2.43. The molecule has 1 fully saturated rings. The summed E-state index contributed by atoms with van der Waals surface area (Å²) in [6, 6.07) is 15.9. The van der Waals surface area contributed by atoms with Crippen molar-refractivity contribution in [3.8, 4) is 11.5 Å². The lowest BCUT2D eigenvalue weighted by Crippen LogP contribution is -2.48. The number of hydrogen-bond donors (Lipinski definition) is 3. The van der Waals surface area contributed by atoms with Crippen molar-refractivity contribution >= 4 is 5.96 Å². The van der Waals surface area contributed by atoms with Crippen LogP contribution in [0.1, 0.15) is 30.4 Å². The molecule has 26 heavy (non-hydrogen) atoms. The van der Waals surface area contributed by atoms with Gasteiger partial charge in [0.15, 0.2) is 5.96 Å². The van der Waals surface area contributed by atoms with Crippen LogP contribution in [0.2, 0.25) is 0 Å². The molecule has 0 aliphatic heterocycles. The van der Waals surface area contributed by atoms with Gasteiger partial charge in [-0.1, -0.05) is 36.8 Å². The average Bonchev–Trinajstić information content (AvgIpc) is 2.65. The van der Waals surface area contributed by atoms with Gasteiger partial charge in [0.2, 0.25) is 0 Å². The maximum Gasteiger partial charge on any atom is 0.191 e. The Kier molecular flexibility index (Phi) is 5.66. The average molecular weight is 353 g/mol. The molecule has 1 aliphatic rings. The molecule has 0 bridgehead atoms. The molecule has 3 N–H and O–H groups in total. The number of hydrogen-bond acceptors (Lipinski definition) is 3. The summed E-state index contributed by atoms with van der Waals surface area (Å²) in [5.74, 6) is 1.70. The van der Waals surface area contributed by atoms with Gasteiger partial charge >= 0.3 is 0 Å². The van der Waals surface area contributed by atoms with E-state index >= 15 is 0 Å². The van der Waals surface area contributed by atoms with E-state index in [9.17, 15) is 5.11 Å². The van der Waals surface area contributed by atoms with Gasteiger partial charge in [-0.3, -0.25) is 4.99 Å². The van der Waals surface area contributed by atoms with Crippen molar-refractivity contribution in [2.75, 3.05) is 20.7 Å². The molecule has 0 atom stereocenters. The Labute approximate surface area is 155 Å². The minimum absolute atomic E-state index is 0.191. The van der Waals surface area contributed by atoms with Crippen molar-refractivity contribution in [1.29, 1.82) is 0 Å². The van der Waals surface area contributed by atoms with Crippen molar-refractivity contribution in [2.45, 2.75) is 31.2 Å². The maximum atomic E-state index is 10.0. The second kappa shape index (κ2) is 8.13. The molecule has 0 saturated heterocycles. The predicted octanol–water partition coefficient (Wildman–Crippen LogP) is 3.19. The van der Waals surface area contributed by atoms with E-state index in [4.69, 9.17) is 4.74 Å². The van der Waals surface area contributed by atoms with Gasteiger partial charge in [-0.05, 0) is 36.6 Å². The van der Waals surface area contributed by atoms with Crippen molar-refractivity contribution in [3.63, 3.8) is 0 Å². The molecule has 3 rings (SSSR count). The monoisotopic (exact) mass is 353 g/mol. The molecule has 0 unspecified atom stereocenters. The highest BCUT2D eigenvalue weighted by atomic mass is 16.5. The lowest BCUT2D eigenvalue weighted by molar-refractivity contribution is 0.244. The van der Waals surface area contributed by atoms with Crippen LogP contribution < -0.4 is 15.4 Å². The molecule has 5 nitrogen and oxygen atoms in total. The number of methoxy groups -OCH3 is 1. The zero-order chi connectivity index (χ0) is 18.4. The fraction of sp³-hybridized carbons (Fsp3) is 0.381. The first-order chi connectivity index (χ1) is 12.7. The summed E-state index contributed by atoms with van der Waals surface area (Å²) in [4.78, 5) is 4.31. The SMILES string of the molecule is CN=C(NCc1cc(OC)ccc1O)NCC1(c2ccccc2)CCC1. The fourth-order valence-corrected chi connectivity index (χ4v) is 3.45. The molecule has 2 aromatic rings. The third kappa shape index (κ3) is 3.93. The second-order valence-electron chi connectivity index (χ2n) is 6.77. The van der Waals surface area contributed by atoms with Crippen LogP contribution in [0.4, 0.5) is 0 Å². The van der Waals surface area contributed by atoms with E-state index in [0.717, 1.165) is 23.8 Å². The van der Waals surface area contributed by atoms with Crippen LogP contribution in [-0.2, 0) is 12.0 Å². The van der Waals surface area contributed by atoms with Gasteiger partial charge < -0.3 is 20.5 Å². The molecule has 0 aromatic heterocycles. The summed E-state index contributed by atoms with van der Waals surface area (Å²) in [7, 11) is 3.38. The smallest absolute Gasteiger partial charge is 0.191 e. The Hall–Kier alpha value is -2.69. The number of aliphatic imine (C=N–C) groups is 1. The fourth-order valence-electron chi connectivity index (χ4n) is 3.45. The minimum Gasteiger partial charge on any atom is -0.508 e. The van der Waals surface area contributed by atoms with Crippen LogP contribution in [0.15, 0.2) is 53.5 Å². The van der Waals surface area contributed by atoms with Gasteiger partial charge in [0.1, 0.15) is 11.5 Å². The van der Waals surface area contributed by atoms with E-state index in [1.165, 1.54) is 24.8 Å². The molecule has 0 amide bonds. The van der Waals surface area contributed by atoms with Crippen LogP contribution >= 0.6 is 0 Å². The van der Waals surface area contributed by atoms with Gasteiger partial charge in [0.05, 0.1) is 7.11 Å². The van der Waals surface area contributed by atoms with Gasteiger partial charge in [-0.2, -0.15) is 0 Å². The molecule has 5 heteroatoms. The number of benzene rings is 2. The van der Waals surface area contributed by atoms with Crippen LogP contribution in [0.5, 0.6) is 11.5 Å². The van der Waals surface area contributed by atoms with E-state index in [-0.39, 0.29) is 11.2 Å². The topological polar surface area (TPSA) is 65.9 Å². The Morgan fingerprint density at radius 2 is 1.92 bits per heavy atom. The van der Waals surface area contributed by atoms with Crippen LogP contribution in [0, 0.1) is 0 Å². The standard InChI is InChI=1S/C21H27N3O2/c1-22-20(23-14-16-13-18(26-2)9-10-19(16)25)24-15-21(11-6-12-21)17-7-4-3-5-8-17/h3-5,7-10,13,25H,6,11-12,14-15H2,1-2H3,(H2,22,23,24). The van der Waals surface area contributed by atoms with Crippen molar-refractivity contribution in [3.05, 3.63) is 59.7 Å². The molecule has 2 aromatic carbocycles. The van der Waals surface area contributed by atoms with E-state index in [0.29, 0.717) is 6.54 Å². The van der Waals surface area contributed by atoms with Crippen LogP contribution in [-0.4, -0.2) is 31.8 Å². The highest BCUT2D eigenvalue weighted by Gasteiger charge is 2.38. The van der Waals surface area contributed by atoms with Gasteiger partial charge in [-0.25, -0.2) is 0 Å². The summed E-state index contributed by atoms with van der Waals surface area (Å²) < 4.78 is 5.22. The Morgan fingerprint density at radius 1 is 1.15 bits per heavy atom. The third-order valence-electron chi connectivity index (χ3n) is 5.25. The molecular formula is C21H27N3O2. The Bertz CT molecular complexity index is 755. The summed E-state index contributed by atoms with van der Waals surface area (Å²) >= 11 is 0. The minimum atomic E-state index is 0.191. The van der Waals surface area contributed by atoms with Crippen molar-refractivity contribution in [2.24, 2.45) is 4.99 Å². The van der Waals surface area contributed by atoms with E-state index in [2.05, 4.69) is 46.0 Å². The molecule has 0 spiro atoms. The Morgan fingerprint density at radius 3 is 2.54 bits per heavy atom. The van der Waals surface area contributed by atoms with Crippen LogP contribution in [0.25, 0.3) is 0 Å². The van der Waals surface area contributed by atoms with Crippen molar-refractivity contribution in [1.82, 2.24) is 10.6 Å². The van der Waals surface area contributed by atoms with Gasteiger partial charge in [0.25, 0.3) is 0 Å².